The van der Waals surface area contributed by atoms with Crippen LogP contribution in [0.1, 0.15) is 11.1 Å². The van der Waals surface area contributed by atoms with Crippen LogP contribution in [-0.4, -0.2) is 26.6 Å². The summed E-state index contributed by atoms with van der Waals surface area (Å²) in [6.07, 6.45) is -1.54. The Bertz CT molecular complexity index is 951. The van der Waals surface area contributed by atoms with Gasteiger partial charge in [-0.05, 0) is 24.6 Å². The maximum absolute atomic E-state index is 12.7. The summed E-state index contributed by atoms with van der Waals surface area (Å²) < 4.78 is 25.8. The molecule has 0 heterocycles. The van der Waals surface area contributed by atoms with Gasteiger partial charge in [-0.15, -0.1) is 0 Å². The zero-order valence-electron chi connectivity index (χ0n) is 14.6. The van der Waals surface area contributed by atoms with Gasteiger partial charge in [0.2, 0.25) is 10.0 Å². The standard InChI is InChI=1S/C17H18Cl2N4O4S/c1-11-7-9-13(10-8-11)28(26,27)23-14(21-16(25)22-15(20)24)17(18,19)12-5-3-2-4-6-12/h2-10,14,23H,1H3,(H4,20,21,22,24,25). The van der Waals surface area contributed by atoms with Gasteiger partial charge in [0.25, 0.3) is 0 Å². The van der Waals surface area contributed by atoms with E-state index in [2.05, 4.69) is 10.0 Å². The number of imide groups is 1. The number of carbonyl (C=O) groups excluding carboxylic acids is 2. The van der Waals surface area contributed by atoms with Crippen LogP contribution >= 0.6 is 23.2 Å². The highest BCUT2D eigenvalue weighted by atomic mass is 35.5. The first-order valence-corrected chi connectivity index (χ1v) is 10.2. The van der Waals surface area contributed by atoms with Gasteiger partial charge in [0, 0.05) is 0 Å². The highest BCUT2D eigenvalue weighted by Crippen LogP contribution is 2.37. The second kappa shape index (κ2) is 8.78. The number of sulfonamides is 1. The molecule has 0 saturated heterocycles. The third kappa shape index (κ3) is 5.59. The quantitative estimate of drug-likeness (QED) is 0.402. The maximum Gasteiger partial charge on any atom is 0.324 e. The van der Waals surface area contributed by atoms with E-state index in [1.165, 1.54) is 12.1 Å². The Morgan fingerprint density at radius 2 is 1.61 bits per heavy atom. The lowest BCUT2D eigenvalue weighted by Gasteiger charge is -2.31. The number of urea groups is 2. The molecule has 4 amide bonds. The van der Waals surface area contributed by atoms with Crippen LogP contribution in [0.4, 0.5) is 9.59 Å². The van der Waals surface area contributed by atoms with Crippen molar-refractivity contribution in [1.29, 1.82) is 0 Å². The predicted octanol–water partition coefficient (Wildman–Crippen LogP) is 2.31. The first-order chi connectivity index (χ1) is 13.0. The van der Waals surface area contributed by atoms with Gasteiger partial charge in [0.05, 0.1) is 4.90 Å². The average Bonchev–Trinajstić information content (AvgIpc) is 2.61. The highest BCUT2D eigenvalue weighted by Gasteiger charge is 2.41. The summed E-state index contributed by atoms with van der Waals surface area (Å²) in [7, 11) is -4.12. The van der Waals surface area contributed by atoms with E-state index in [0.29, 0.717) is 5.56 Å². The van der Waals surface area contributed by atoms with Crippen molar-refractivity contribution in [3.63, 3.8) is 0 Å². The number of carbonyl (C=O) groups is 2. The summed E-state index contributed by atoms with van der Waals surface area (Å²) in [5.41, 5.74) is 6.08. The molecule has 0 saturated carbocycles. The normalized spacial score (nSPS) is 12.8. The molecule has 0 bridgehead atoms. The van der Waals surface area contributed by atoms with Gasteiger partial charge in [0.1, 0.15) is 6.17 Å². The Morgan fingerprint density at radius 1 is 1.04 bits per heavy atom. The van der Waals surface area contributed by atoms with Crippen LogP contribution in [0.5, 0.6) is 0 Å². The molecule has 0 radical (unpaired) electrons. The molecule has 2 aromatic carbocycles. The number of benzene rings is 2. The van der Waals surface area contributed by atoms with Crippen LogP contribution < -0.4 is 21.1 Å². The summed E-state index contributed by atoms with van der Waals surface area (Å²) in [4.78, 5) is 22.8. The second-order valence-electron chi connectivity index (χ2n) is 5.82. The van der Waals surface area contributed by atoms with E-state index in [4.69, 9.17) is 28.9 Å². The molecule has 2 rings (SSSR count). The molecule has 0 aliphatic carbocycles. The van der Waals surface area contributed by atoms with Crippen LogP contribution in [0, 0.1) is 6.92 Å². The summed E-state index contributed by atoms with van der Waals surface area (Å²) >= 11 is 12.8. The van der Waals surface area contributed by atoms with Crippen molar-refractivity contribution in [3.8, 4) is 0 Å². The van der Waals surface area contributed by atoms with Gasteiger partial charge < -0.3 is 11.1 Å². The fourth-order valence-electron chi connectivity index (χ4n) is 2.24. The molecule has 0 fully saturated rings. The Balaban J connectivity index is 2.38. The molecular weight excluding hydrogens is 427 g/mol. The molecule has 0 spiro atoms. The number of alkyl halides is 2. The first-order valence-electron chi connectivity index (χ1n) is 7.91. The number of halogens is 2. The molecule has 5 N–H and O–H groups in total. The van der Waals surface area contributed by atoms with Gasteiger partial charge >= 0.3 is 12.1 Å². The minimum Gasteiger partial charge on any atom is -0.351 e. The second-order valence-corrected chi connectivity index (χ2v) is 8.92. The molecule has 11 heteroatoms. The Kier molecular flexibility index (Phi) is 6.89. The number of nitrogens with two attached hydrogens (primary N) is 1. The van der Waals surface area contributed by atoms with Gasteiger partial charge in [-0.1, -0.05) is 71.2 Å². The van der Waals surface area contributed by atoms with Crippen LogP contribution in [0.15, 0.2) is 59.5 Å². The summed E-state index contributed by atoms with van der Waals surface area (Å²) in [6.45, 7) is 1.81. The number of hydrogen-bond donors (Lipinski definition) is 4. The lowest BCUT2D eigenvalue weighted by atomic mass is 10.1. The fraction of sp³-hybridized carbons (Fsp3) is 0.176. The zero-order valence-corrected chi connectivity index (χ0v) is 17.0. The van der Waals surface area contributed by atoms with Gasteiger partial charge in [-0.25, -0.2) is 18.0 Å². The highest BCUT2D eigenvalue weighted by molar-refractivity contribution is 7.89. The van der Waals surface area contributed by atoms with Crippen molar-refractivity contribution in [2.75, 3.05) is 0 Å². The third-order valence-corrected chi connectivity index (χ3v) is 5.95. The van der Waals surface area contributed by atoms with E-state index < -0.39 is 32.6 Å². The van der Waals surface area contributed by atoms with Crippen molar-refractivity contribution >= 4 is 45.3 Å². The molecule has 0 aliphatic rings. The predicted molar refractivity (Wildman–Crippen MR) is 106 cm³/mol. The number of aryl methyl sites for hydroxylation is 1. The average molecular weight is 445 g/mol. The first kappa shape index (κ1) is 22.0. The molecular formula is C17H18Cl2N4O4S. The smallest absolute Gasteiger partial charge is 0.324 e. The van der Waals surface area contributed by atoms with Crippen molar-refractivity contribution in [2.45, 2.75) is 22.3 Å². The monoisotopic (exact) mass is 444 g/mol. The van der Waals surface area contributed by atoms with E-state index >= 15 is 0 Å². The van der Waals surface area contributed by atoms with Gasteiger partial charge in [-0.2, -0.15) is 4.72 Å². The van der Waals surface area contributed by atoms with Gasteiger partial charge in [0.15, 0.2) is 4.33 Å². The van der Waals surface area contributed by atoms with Crippen molar-refractivity contribution in [1.82, 2.24) is 15.4 Å². The molecule has 1 atom stereocenters. The Hall–Kier alpha value is -2.33. The zero-order chi connectivity index (χ0) is 20.9. The van der Waals surface area contributed by atoms with E-state index in [1.807, 2.05) is 0 Å². The lowest BCUT2D eigenvalue weighted by molar-refractivity contribution is 0.227. The van der Waals surface area contributed by atoms with Crippen LogP contribution in [-0.2, 0) is 14.4 Å². The number of nitrogens with one attached hydrogen (secondary N) is 3. The lowest BCUT2D eigenvalue weighted by Crippen LogP contribution is -2.58. The molecule has 1 unspecified atom stereocenters. The largest absolute Gasteiger partial charge is 0.351 e. The molecule has 8 nitrogen and oxygen atoms in total. The fourth-order valence-corrected chi connectivity index (χ4v) is 4.02. The molecule has 0 aromatic heterocycles. The number of hydrogen-bond acceptors (Lipinski definition) is 4. The minimum atomic E-state index is -4.12. The van der Waals surface area contributed by atoms with Crippen LogP contribution in [0.2, 0.25) is 0 Å². The molecule has 150 valence electrons. The van der Waals surface area contributed by atoms with Crippen molar-refractivity contribution in [3.05, 3.63) is 65.7 Å². The third-order valence-electron chi connectivity index (χ3n) is 3.64. The van der Waals surface area contributed by atoms with E-state index in [0.717, 1.165) is 5.56 Å². The molecule has 28 heavy (non-hydrogen) atoms. The SMILES string of the molecule is Cc1ccc(S(=O)(=O)NC(NC(=O)NC(N)=O)C(Cl)(Cl)c2ccccc2)cc1. The Morgan fingerprint density at radius 3 is 2.14 bits per heavy atom. The minimum absolute atomic E-state index is 0.0580. The van der Waals surface area contributed by atoms with Crippen LogP contribution in [0.3, 0.4) is 0 Å². The van der Waals surface area contributed by atoms with E-state index in [9.17, 15) is 18.0 Å². The van der Waals surface area contributed by atoms with Gasteiger partial charge in [-0.3, -0.25) is 5.32 Å². The molecule has 0 aliphatic heterocycles. The molecule has 2 aromatic rings. The number of primary amides is 1. The maximum atomic E-state index is 12.7. The van der Waals surface area contributed by atoms with Crippen LogP contribution in [0.25, 0.3) is 0 Å². The Labute approximate surface area is 172 Å². The van der Waals surface area contributed by atoms with Crippen molar-refractivity contribution in [2.24, 2.45) is 5.73 Å². The summed E-state index contributed by atoms with van der Waals surface area (Å²) in [5, 5.41) is 3.99. The number of amides is 4. The van der Waals surface area contributed by atoms with E-state index in [-0.39, 0.29) is 4.90 Å². The summed E-state index contributed by atoms with van der Waals surface area (Å²) in [5.74, 6) is 0. The summed E-state index contributed by atoms with van der Waals surface area (Å²) in [6, 6.07) is 11.9. The van der Waals surface area contributed by atoms with E-state index in [1.54, 1.807) is 54.7 Å². The topological polar surface area (TPSA) is 130 Å². The number of rotatable bonds is 6. The van der Waals surface area contributed by atoms with Crippen molar-refractivity contribution < 1.29 is 18.0 Å².